The van der Waals surface area contributed by atoms with Crippen LogP contribution in [-0.2, 0) is 31.0 Å². The number of rotatable bonds is 25. The number of nitriles is 1. The summed E-state index contributed by atoms with van der Waals surface area (Å²) in [5, 5.41) is 49.2. The molecule has 0 spiro atoms. The van der Waals surface area contributed by atoms with Crippen molar-refractivity contribution >= 4 is 94.9 Å². The van der Waals surface area contributed by atoms with Crippen molar-refractivity contribution in [3.63, 3.8) is 0 Å². The number of hydrogen-bond donors (Lipinski definition) is 2. The van der Waals surface area contributed by atoms with E-state index in [2.05, 4.69) is 31.1 Å². The average molecular weight is 1380 g/mol. The highest BCUT2D eigenvalue weighted by atomic mass is 35.5. The molecule has 0 bridgehead atoms. The van der Waals surface area contributed by atoms with Gasteiger partial charge in [-0.2, -0.15) is 9.94 Å². The Morgan fingerprint density at radius 1 is 0.737 bits per heavy atom. The number of carbonyl (C=O) groups is 4. The third-order valence-electron chi connectivity index (χ3n) is 13.9. The minimum atomic E-state index is -3.88. The fraction of sp³-hybridized carbons (Fsp3) is 0.238. The summed E-state index contributed by atoms with van der Waals surface area (Å²) < 4.78 is 79.0. The molecule has 0 saturated heterocycles. The summed E-state index contributed by atoms with van der Waals surface area (Å²) in [6.45, 7) is 11.6. The Labute approximate surface area is 554 Å². The molecule has 7 aromatic carbocycles. The first-order chi connectivity index (χ1) is 45.2. The largest absolute Gasteiger partial charge is 0.513 e. The van der Waals surface area contributed by atoms with Crippen LogP contribution in [0.1, 0.15) is 60.3 Å². The number of sulfone groups is 2. The van der Waals surface area contributed by atoms with E-state index >= 15 is 0 Å². The van der Waals surface area contributed by atoms with Gasteiger partial charge in [0.2, 0.25) is 5.16 Å². The Morgan fingerprint density at radius 3 is 1.99 bits per heavy atom. The van der Waals surface area contributed by atoms with Crippen molar-refractivity contribution in [3.8, 4) is 34.8 Å². The number of halogens is 1. The molecule has 0 aliphatic heterocycles. The van der Waals surface area contributed by atoms with Crippen molar-refractivity contribution in [2.24, 2.45) is 0 Å². The normalized spacial score (nSPS) is 11.0. The van der Waals surface area contributed by atoms with Crippen molar-refractivity contribution in [2.45, 2.75) is 69.1 Å². The highest BCUT2D eigenvalue weighted by Crippen LogP contribution is 2.35. The van der Waals surface area contributed by atoms with Gasteiger partial charge < -0.3 is 38.8 Å². The lowest BCUT2D eigenvalue weighted by atomic mass is 10.1. The second-order valence-corrected chi connectivity index (χ2v) is 26.1. The monoisotopic (exact) mass is 1380 g/mol. The van der Waals surface area contributed by atoms with Crippen LogP contribution in [0.15, 0.2) is 161 Å². The number of aromatic nitrogens is 4. The number of anilines is 3. The molecule has 3 amide bonds. The van der Waals surface area contributed by atoms with E-state index in [0.29, 0.717) is 22.0 Å². The quantitative estimate of drug-likeness (QED) is 0.0176. The van der Waals surface area contributed by atoms with Crippen LogP contribution in [0.5, 0.6) is 23.0 Å². The number of hydrogen-bond acceptors (Lipinski definition) is 23. The number of nitro benzene ring substituents is 2. The summed E-state index contributed by atoms with van der Waals surface area (Å²) in [5.41, 5.74) is 2.38. The number of nitrogens with zero attached hydrogens (tertiary/aromatic N) is 9. The number of aryl methyl sites for hydroxylation is 2. The van der Waals surface area contributed by atoms with E-state index in [9.17, 15) is 56.2 Å². The first-order valence-electron chi connectivity index (χ1n) is 28.7. The number of nitrogens with one attached hydrogen (secondary N) is 2. The zero-order valence-corrected chi connectivity index (χ0v) is 55.2. The average Bonchev–Trinajstić information content (AvgIpc) is 0.943. The van der Waals surface area contributed by atoms with Crippen molar-refractivity contribution in [1.82, 2.24) is 25.1 Å². The number of methoxy groups -OCH3 is 1. The molecule has 1 heterocycles. The predicted molar refractivity (Wildman–Crippen MR) is 352 cm³/mol. The van der Waals surface area contributed by atoms with Gasteiger partial charge in [-0.1, -0.05) is 29.8 Å². The highest BCUT2D eigenvalue weighted by Gasteiger charge is 2.28. The molecule has 95 heavy (non-hydrogen) atoms. The molecular weight excluding hydrogens is 1310 g/mol. The maximum atomic E-state index is 13.7. The first kappa shape index (κ1) is 71.8. The number of non-ortho nitro benzene ring substituents is 2. The zero-order chi connectivity index (χ0) is 69.1. The molecule has 2 N–H and O–H groups in total. The van der Waals surface area contributed by atoms with Gasteiger partial charge in [0.05, 0.1) is 73.4 Å². The van der Waals surface area contributed by atoms with Gasteiger partial charge >= 0.3 is 12.2 Å². The number of thioether (sulfide) groups is 1. The number of benzene rings is 7. The van der Waals surface area contributed by atoms with E-state index in [0.717, 1.165) is 48.2 Å². The summed E-state index contributed by atoms with van der Waals surface area (Å²) in [6, 6.07) is 37.1. The molecule has 8 aromatic rings. The van der Waals surface area contributed by atoms with Crippen LogP contribution < -0.4 is 34.5 Å². The Morgan fingerprint density at radius 2 is 1.38 bits per heavy atom. The summed E-state index contributed by atoms with van der Waals surface area (Å²) >= 11 is 6.67. The van der Waals surface area contributed by atoms with Crippen LogP contribution in [0.4, 0.5) is 42.8 Å². The second-order valence-electron chi connectivity index (χ2n) is 20.5. The van der Waals surface area contributed by atoms with Crippen LogP contribution in [0, 0.1) is 45.4 Å². The molecule has 0 aliphatic carbocycles. The molecule has 0 fully saturated rings. The maximum absolute atomic E-state index is 13.7. The standard InChI is InChI=1S/C37H37N5O11S.C26H25ClN6O6S2/c1-6-41(7-2)26-10-14-31(23(3)18-26)40-36(44)53-34-24(4)19-27(42(46)47)20-30(34)35(43)39-32-15-11-28(50-5)21-33(32)52-37(45)51-16-17-54(48,49)29-12-8-25(22-38)9-13-29;1-18(2)31(26(34)40-25-28-29-30-32(25)21-6-4-3-5-7-21)17-19-16-22(33(35)36)10-13-24(19)39-14-15-41(37,38)23-11-8-20(27)9-12-23/h8-15,18-21H,6-7,16-17H2,1-5H3,(H,39,43)(H,40,44);3-13,16,18H,14-15,17H2,1-2H3. The van der Waals surface area contributed by atoms with E-state index in [-0.39, 0.29) is 91.0 Å². The van der Waals surface area contributed by atoms with Crippen molar-refractivity contribution in [1.29, 1.82) is 5.26 Å². The van der Waals surface area contributed by atoms with Gasteiger partial charge in [-0.25, -0.2) is 26.4 Å². The number of para-hydroxylation sites is 1. The molecule has 0 unspecified atom stereocenters. The number of ether oxygens (including phenoxy) is 5. The minimum Gasteiger partial charge on any atom is -0.497 e. The lowest BCUT2D eigenvalue weighted by Gasteiger charge is -2.27. The van der Waals surface area contributed by atoms with E-state index in [1.165, 1.54) is 109 Å². The van der Waals surface area contributed by atoms with E-state index in [4.69, 9.17) is 40.5 Å². The second kappa shape index (κ2) is 32.7. The van der Waals surface area contributed by atoms with Gasteiger partial charge in [0.15, 0.2) is 25.4 Å². The Balaban J connectivity index is 0.000000278. The lowest BCUT2D eigenvalue weighted by molar-refractivity contribution is -0.385. The topological polar surface area (TPSA) is 367 Å². The van der Waals surface area contributed by atoms with Gasteiger partial charge in [0.1, 0.15) is 30.5 Å². The zero-order valence-electron chi connectivity index (χ0n) is 52.0. The molecule has 496 valence electrons. The van der Waals surface area contributed by atoms with Crippen molar-refractivity contribution in [2.75, 3.05) is 60.5 Å². The SMILES string of the molecule is CC(C)N(Cc1cc([N+](=O)[O-])ccc1OCCS(=O)(=O)c1ccc(Cl)cc1)C(=O)Sc1nnnn1-c1ccccc1.CCN(CC)c1ccc(NC(=O)Oc2c(C)cc([N+](=O)[O-])cc2C(=O)Nc2ccc(OC)cc2OC(=O)OCCS(=O)(=O)c2ccc(C#N)cc2)c(C)c1. The maximum Gasteiger partial charge on any atom is 0.513 e. The van der Waals surface area contributed by atoms with Gasteiger partial charge in [-0.3, -0.25) is 35.1 Å². The van der Waals surface area contributed by atoms with Gasteiger partial charge in [0, 0.05) is 83.2 Å². The number of amides is 3. The van der Waals surface area contributed by atoms with Crippen LogP contribution in [-0.4, -0.2) is 126 Å². The molecule has 1 aromatic heterocycles. The lowest BCUT2D eigenvalue weighted by Crippen LogP contribution is -2.34. The number of carbonyl (C=O) groups excluding carboxylic acids is 4. The van der Waals surface area contributed by atoms with Crippen molar-refractivity contribution in [3.05, 3.63) is 199 Å². The molecule has 0 atom stereocenters. The number of tetrazole rings is 1. The van der Waals surface area contributed by atoms with Gasteiger partial charge in [-0.15, -0.1) is 5.10 Å². The summed E-state index contributed by atoms with van der Waals surface area (Å²) in [6.07, 6.45) is -2.28. The molecule has 0 radical (unpaired) electrons. The highest BCUT2D eigenvalue weighted by molar-refractivity contribution is 8.13. The van der Waals surface area contributed by atoms with Crippen LogP contribution in [0.25, 0.3) is 5.69 Å². The minimum absolute atomic E-state index is 0.0443. The smallest absolute Gasteiger partial charge is 0.497 e. The van der Waals surface area contributed by atoms with Crippen LogP contribution in [0.3, 0.4) is 0 Å². The first-order valence-corrected chi connectivity index (χ1v) is 33.2. The Bertz CT molecular complexity index is 4400. The fourth-order valence-corrected chi connectivity index (χ4v) is 12.1. The molecular formula is C63H62ClN11O17S3. The summed E-state index contributed by atoms with van der Waals surface area (Å²) in [5.74, 6) is -2.04. The Kier molecular flexibility index (Phi) is 24.7. The molecule has 8 rings (SSSR count). The third-order valence-corrected chi connectivity index (χ3v) is 18.4. The van der Waals surface area contributed by atoms with Gasteiger partial charge in [-0.05, 0) is 160 Å². The fourth-order valence-electron chi connectivity index (χ4n) is 8.90. The Hall–Kier alpha value is -10.7. The predicted octanol–water partition coefficient (Wildman–Crippen LogP) is 12.0. The molecule has 28 nitrogen and oxygen atoms in total. The third kappa shape index (κ3) is 19.4. The molecule has 0 saturated carbocycles. The van der Waals surface area contributed by atoms with E-state index < -0.39 is 71.0 Å². The molecule has 32 heteroatoms. The van der Waals surface area contributed by atoms with Gasteiger partial charge in [0.25, 0.3) is 22.5 Å². The van der Waals surface area contributed by atoms with E-state index in [1.807, 2.05) is 57.2 Å². The van der Waals surface area contributed by atoms with Crippen molar-refractivity contribution < 1.29 is 69.5 Å². The summed E-state index contributed by atoms with van der Waals surface area (Å²) in [4.78, 5) is 78.5. The molecule has 0 aliphatic rings. The summed E-state index contributed by atoms with van der Waals surface area (Å²) in [7, 11) is -6.21. The number of nitro groups is 2. The van der Waals surface area contributed by atoms with E-state index in [1.54, 1.807) is 32.0 Å². The van der Waals surface area contributed by atoms with Crippen LogP contribution >= 0.6 is 23.4 Å². The van der Waals surface area contributed by atoms with Crippen LogP contribution in [0.2, 0.25) is 5.02 Å².